The third-order valence-corrected chi connectivity index (χ3v) is 10.5. The highest BCUT2D eigenvalue weighted by atomic mass is 16.7. The van der Waals surface area contributed by atoms with Crippen LogP contribution >= 0.6 is 0 Å². The number of ether oxygens (including phenoxy) is 2. The zero-order valence-corrected chi connectivity index (χ0v) is 34.0. The first-order valence-electron chi connectivity index (χ1n) is 22.0. The molecular formula is C44H83NO8. The molecule has 0 radical (unpaired) electrons. The van der Waals surface area contributed by atoms with E-state index in [1.54, 1.807) is 0 Å². The van der Waals surface area contributed by atoms with Crippen LogP contribution < -0.4 is 5.32 Å². The Bertz CT molecular complexity index is 883. The average molecular weight is 754 g/mol. The first kappa shape index (κ1) is 49.7. The fourth-order valence-electron chi connectivity index (χ4n) is 6.91. The molecule has 0 bridgehead atoms. The summed E-state index contributed by atoms with van der Waals surface area (Å²) in [5.74, 6) is -0.160. The van der Waals surface area contributed by atoms with E-state index in [1.807, 2.05) is 0 Å². The number of aliphatic hydroxyl groups is 5. The van der Waals surface area contributed by atoms with Gasteiger partial charge in [0.2, 0.25) is 5.91 Å². The van der Waals surface area contributed by atoms with Gasteiger partial charge in [-0.25, -0.2) is 0 Å². The average Bonchev–Trinajstić information content (AvgIpc) is 3.16. The number of allylic oxidation sites excluding steroid dienone is 4. The van der Waals surface area contributed by atoms with Gasteiger partial charge < -0.3 is 40.3 Å². The molecule has 1 fully saturated rings. The van der Waals surface area contributed by atoms with Crippen LogP contribution in [0.5, 0.6) is 0 Å². The topological polar surface area (TPSA) is 149 Å². The smallest absolute Gasteiger partial charge is 0.220 e. The molecule has 9 heteroatoms. The van der Waals surface area contributed by atoms with Gasteiger partial charge in [0, 0.05) is 6.42 Å². The van der Waals surface area contributed by atoms with Crippen molar-refractivity contribution in [1.29, 1.82) is 0 Å². The lowest BCUT2D eigenvalue weighted by Gasteiger charge is -2.40. The first-order chi connectivity index (χ1) is 25.8. The van der Waals surface area contributed by atoms with Crippen molar-refractivity contribution < 1.29 is 39.8 Å². The molecule has 1 rings (SSSR count). The number of nitrogens with one attached hydrogen (secondary N) is 1. The SMILES string of the molecule is CCCCCCCC/C=C/CCCCCCCCCC(=O)N[C@@H](CO[C@H]1O[C@@H](CO)[C@H](O)C(O)C1O)[C@H](O)CCCC/C=C/CCCCCCCCC. The molecule has 2 unspecified atom stereocenters. The molecule has 312 valence electrons. The van der Waals surface area contributed by atoms with Crippen molar-refractivity contribution in [2.24, 2.45) is 0 Å². The fourth-order valence-corrected chi connectivity index (χ4v) is 6.91. The molecule has 0 saturated carbocycles. The lowest BCUT2D eigenvalue weighted by Crippen LogP contribution is -2.60. The van der Waals surface area contributed by atoms with Crippen LogP contribution in [0.3, 0.4) is 0 Å². The van der Waals surface area contributed by atoms with E-state index in [2.05, 4.69) is 43.5 Å². The number of rotatable bonds is 36. The molecule has 1 heterocycles. The summed E-state index contributed by atoms with van der Waals surface area (Å²) in [5.41, 5.74) is 0. The zero-order chi connectivity index (χ0) is 38.8. The normalized spacial score (nSPS) is 21.8. The molecule has 6 N–H and O–H groups in total. The van der Waals surface area contributed by atoms with Gasteiger partial charge in [-0.2, -0.15) is 0 Å². The number of carbonyl (C=O) groups is 1. The Hall–Kier alpha value is -1.33. The Kier molecular flexibility index (Phi) is 32.9. The molecule has 53 heavy (non-hydrogen) atoms. The van der Waals surface area contributed by atoms with E-state index in [9.17, 15) is 30.3 Å². The van der Waals surface area contributed by atoms with Gasteiger partial charge in [-0.3, -0.25) is 4.79 Å². The van der Waals surface area contributed by atoms with Crippen molar-refractivity contribution >= 4 is 5.91 Å². The highest BCUT2D eigenvalue weighted by molar-refractivity contribution is 5.76. The Morgan fingerprint density at radius 1 is 0.623 bits per heavy atom. The van der Waals surface area contributed by atoms with Crippen LogP contribution in [0.4, 0.5) is 0 Å². The first-order valence-corrected chi connectivity index (χ1v) is 22.0. The van der Waals surface area contributed by atoms with Crippen molar-refractivity contribution in [3.63, 3.8) is 0 Å². The van der Waals surface area contributed by atoms with E-state index < -0.39 is 49.5 Å². The summed E-state index contributed by atoms with van der Waals surface area (Å²) in [7, 11) is 0. The van der Waals surface area contributed by atoms with Crippen molar-refractivity contribution in [3.8, 4) is 0 Å². The summed E-state index contributed by atoms with van der Waals surface area (Å²) in [6.07, 6.45) is 33.2. The monoisotopic (exact) mass is 754 g/mol. The third-order valence-electron chi connectivity index (χ3n) is 10.5. The molecule has 0 aromatic rings. The Morgan fingerprint density at radius 3 is 1.53 bits per heavy atom. The third kappa shape index (κ3) is 26.2. The molecule has 1 saturated heterocycles. The van der Waals surface area contributed by atoms with Crippen molar-refractivity contribution in [1.82, 2.24) is 5.32 Å². The predicted molar refractivity (Wildman–Crippen MR) is 217 cm³/mol. The Labute approximate surface area is 324 Å². The molecule has 7 atom stereocenters. The van der Waals surface area contributed by atoms with Crippen molar-refractivity contribution in [3.05, 3.63) is 24.3 Å². The summed E-state index contributed by atoms with van der Waals surface area (Å²) in [6, 6.07) is -0.734. The highest BCUT2D eigenvalue weighted by Gasteiger charge is 2.44. The number of carbonyl (C=O) groups excluding carboxylic acids is 1. The lowest BCUT2D eigenvalue weighted by atomic mass is 9.99. The van der Waals surface area contributed by atoms with Gasteiger partial charge in [-0.05, 0) is 64.2 Å². The summed E-state index contributed by atoms with van der Waals surface area (Å²) < 4.78 is 11.2. The zero-order valence-electron chi connectivity index (χ0n) is 34.0. The van der Waals surface area contributed by atoms with Crippen LogP contribution in [0.25, 0.3) is 0 Å². The second-order valence-corrected chi connectivity index (χ2v) is 15.5. The second kappa shape index (κ2) is 35.1. The van der Waals surface area contributed by atoms with E-state index in [0.29, 0.717) is 12.8 Å². The molecule has 0 spiro atoms. The molecule has 0 aromatic heterocycles. The fraction of sp³-hybridized carbons (Fsp3) is 0.886. The highest BCUT2D eigenvalue weighted by Crippen LogP contribution is 2.23. The molecule has 1 aliphatic heterocycles. The van der Waals surface area contributed by atoms with Crippen LogP contribution in [0.15, 0.2) is 24.3 Å². The van der Waals surface area contributed by atoms with E-state index in [0.717, 1.165) is 44.9 Å². The molecule has 0 aromatic carbocycles. The van der Waals surface area contributed by atoms with Gasteiger partial charge in [0.15, 0.2) is 6.29 Å². The summed E-state index contributed by atoms with van der Waals surface area (Å²) in [6.45, 7) is 3.79. The lowest BCUT2D eigenvalue weighted by molar-refractivity contribution is -0.302. The van der Waals surface area contributed by atoms with Crippen LogP contribution in [-0.2, 0) is 14.3 Å². The van der Waals surface area contributed by atoms with E-state index >= 15 is 0 Å². The molecule has 1 aliphatic rings. The molecule has 0 aliphatic carbocycles. The number of amides is 1. The number of unbranched alkanes of at least 4 members (excludes halogenated alkanes) is 22. The van der Waals surface area contributed by atoms with Gasteiger partial charge >= 0.3 is 0 Å². The molecule has 1 amide bonds. The van der Waals surface area contributed by atoms with Crippen LogP contribution in [0.2, 0.25) is 0 Å². The van der Waals surface area contributed by atoms with Gasteiger partial charge in [0.25, 0.3) is 0 Å². The number of aliphatic hydroxyl groups excluding tert-OH is 5. The number of hydrogen-bond donors (Lipinski definition) is 6. The van der Waals surface area contributed by atoms with Crippen molar-refractivity contribution in [2.75, 3.05) is 13.2 Å². The maximum Gasteiger partial charge on any atom is 0.220 e. The Morgan fingerprint density at radius 2 is 1.06 bits per heavy atom. The van der Waals surface area contributed by atoms with E-state index in [1.165, 1.54) is 122 Å². The maximum atomic E-state index is 12.9. The largest absolute Gasteiger partial charge is 0.394 e. The summed E-state index contributed by atoms with van der Waals surface area (Å²) in [4.78, 5) is 12.9. The van der Waals surface area contributed by atoms with Crippen LogP contribution in [-0.4, -0.2) is 87.5 Å². The quantitative estimate of drug-likeness (QED) is 0.0275. The minimum Gasteiger partial charge on any atom is -0.394 e. The van der Waals surface area contributed by atoms with Crippen LogP contribution in [0.1, 0.15) is 194 Å². The number of hydrogen-bond acceptors (Lipinski definition) is 8. The molecular weight excluding hydrogens is 670 g/mol. The Balaban J connectivity index is 2.37. The van der Waals surface area contributed by atoms with Crippen molar-refractivity contribution in [2.45, 2.75) is 236 Å². The predicted octanol–water partition coefficient (Wildman–Crippen LogP) is 8.72. The van der Waals surface area contributed by atoms with Gasteiger partial charge in [0.05, 0.1) is 25.4 Å². The maximum absolute atomic E-state index is 12.9. The van der Waals surface area contributed by atoms with E-state index in [4.69, 9.17) is 9.47 Å². The van der Waals surface area contributed by atoms with Gasteiger partial charge in [-0.1, -0.05) is 147 Å². The second-order valence-electron chi connectivity index (χ2n) is 15.5. The van der Waals surface area contributed by atoms with Gasteiger partial charge in [0.1, 0.15) is 24.4 Å². The summed E-state index contributed by atoms with van der Waals surface area (Å²) >= 11 is 0. The standard InChI is InChI=1S/C44H83NO8/c1-3-5-7-9-11-13-15-17-18-19-20-22-24-26-28-30-32-34-40(48)45-37(36-52-44-43(51)42(50)41(49)39(35-46)53-44)38(47)33-31-29-27-25-23-21-16-14-12-10-8-6-4-2/h17-18,23,25,37-39,41-44,46-47,49-51H,3-16,19-22,24,26-36H2,1-2H3,(H,45,48)/b18-17+,25-23+/t37-,38+,39-,41-,42?,43?,44-/m0/s1. The molecule has 9 nitrogen and oxygen atoms in total. The van der Waals surface area contributed by atoms with Crippen LogP contribution in [0, 0.1) is 0 Å². The minimum absolute atomic E-state index is 0.151. The van der Waals surface area contributed by atoms with E-state index in [-0.39, 0.29) is 12.5 Å². The van der Waals surface area contributed by atoms with Gasteiger partial charge in [-0.15, -0.1) is 0 Å². The summed E-state index contributed by atoms with van der Waals surface area (Å²) in [5, 5.41) is 54.2. The minimum atomic E-state index is -1.56.